The number of carbonyl (C=O) groups is 2. The van der Waals surface area contributed by atoms with Crippen LogP contribution in [-0.4, -0.2) is 73.2 Å². The molecule has 0 atom stereocenters. The molecule has 0 aliphatic carbocycles. The predicted octanol–water partition coefficient (Wildman–Crippen LogP) is 2.09. The van der Waals surface area contributed by atoms with Crippen molar-refractivity contribution in [2.45, 2.75) is 18.6 Å². The molecule has 0 unspecified atom stereocenters. The maximum Gasteiger partial charge on any atom is 0.258 e. The Kier molecular flexibility index (Phi) is 5.46. The molecule has 5 rings (SSSR count). The van der Waals surface area contributed by atoms with E-state index in [4.69, 9.17) is 4.74 Å². The van der Waals surface area contributed by atoms with E-state index >= 15 is 0 Å². The van der Waals surface area contributed by atoms with E-state index in [-0.39, 0.29) is 17.6 Å². The van der Waals surface area contributed by atoms with E-state index in [0.29, 0.717) is 56.9 Å². The normalized spacial score (nSPS) is 20.5. The second-order valence-corrected chi connectivity index (χ2v) is 8.67. The van der Waals surface area contributed by atoms with Gasteiger partial charge in [0.15, 0.2) is 5.72 Å². The Hall–Kier alpha value is -3.13. The average Bonchev–Trinajstić information content (AvgIpc) is 2.81. The number of hydrogen-bond acceptors (Lipinski definition) is 5. The molecule has 0 bridgehead atoms. The zero-order chi connectivity index (χ0) is 22.1. The van der Waals surface area contributed by atoms with Crippen LogP contribution in [0.4, 0.5) is 10.1 Å². The number of fused-ring (bicyclic) bond motifs is 1. The molecule has 8 heteroatoms. The third-order valence-corrected chi connectivity index (χ3v) is 6.63. The van der Waals surface area contributed by atoms with Crippen molar-refractivity contribution in [3.05, 3.63) is 59.9 Å². The second-order valence-electron chi connectivity index (χ2n) is 8.67. The topological polar surface area (TPSA) is 65.1 Å². The van der Waals surface area contributed by atoms with Crippen LogP contribution >= 0.6 is 0 Å². The summed E-state index contributed by atoms with van der Waals surface area (Å²) in [5.41, 5.74) is 0.859. The summed E-state index contributed by atoms with van der Waals surface area (Å²) in [6.45, 7) is 4.53. The third-order valence-electron chi connectivity index (χ3n) is 6.63. The average molecular weight is 439 g/mol. The van der Waals surface area contributed by atoms with E-state index in [1.54, 1.807) is 18.2 Å². The summed E-state index contributed by atoms with van der Waals surface area (Å²) in [6.07, 6.45) is 1.28. The van der Waals surface area contributed by atoms with Gasteiger partial charge in [0.2, 0.25) is 5.91 Å². The smallest absolute Gasteiger partial charge is 0.258 e. The number of likely N-dealkylation sites (tertiary alicyclic amines) is 1. The van der Waals surface area contributed by atoms with Crippen LogP contribution in [-0.2, 0) is 4.79 Å². The molecule has 32 heavy (non-hydrogen) atoms. The van der Waals surface area contributed by atoms with Gasteiger partial charge in [-0.25, -0.2) is 4.39 Å². The van der Waals surface area contributed by atoms with Crippen molar-refractivity contribution >= 4 is 17.5 Å². The first kappa shape index (κ1) is 20.8. The number of amides is 2. The van der Waals surface area contributed by atoms with Gasteiger partial charge in [-0.3, -0.25) is 14.5 Å². The van der Waals surface area contributed by atoms with Gasteiger partial charge in [0.1, 0.15) is 11.6 Å². The Balaban J connectivity index is 1.12. The molecule has 3 aliphatic rings. The van der Waals surface area contributed by atoms with E-state index in [1.165, 1.54) is 12.1 Å². The fourth-order valence-corrected chi connectivity index (χ4v) is 4.71. The molecule has 2 aromatic rings. The van der Waals surface area contributed by atoms with E-state index in [2.05, 4.69) is 15.1 Å². The van der Waals surface area contributed by atoms with Gasteiger partial charge < -0.3 is 19.9 Å². The van der Waals surface area contributed by atoms with E-state index in [9.17, 15) is 14.0 Å². The van der Waals surface area contributed by atoms with E-state index < -0.39 is 5.72 Å². The summed E-state index contributed by atoms with van der Waals surface area (Å²) in [6, 6.07) is 13.8. The number of piperazine rings is 1. The molecule has 7 nitrogen and oxygen atoms in total. The number of benzene rings is 2. The van der Waals surface area contributed by atoms with Gasteiger partial charge in [-0.2, -0.15) is 0 Å². The van der Waals surface area contributed by atoms with E-state index in [0.717, 1.165) is 18.8 Å². The number of anilines is 1. The molecule has 1 N–H and O–H groups in total. The van der Waals surface area contributed by atoms with Crippen molar-refractivity contribution in [1.29, 1.82) is 0 Å². The number of nitrogens with one attached hydrogen (secondary N) is 1. The Morgan fingerprint density at radius 3 is 2.38 bits per heavy atom. The molecular weight excluding hydrogens is 411 g/mol. The Labute approximate surface area is 186 Å². The number of para-hydroxylation sites is 1. The Bertz CT molecular complexity index is 997. The SMILES string of the molecule is O=C1NC2(CCN(CC(=O)N3CCN(c4ccc(F)cc4)CC3)CC2)Oc2ccccc21. The summed E-state index contributed by atoms with van der Waals surface area (Å²) in [5, 5.41) is 3.04. The summed E-state index contributed by atoms with van der Waals surface area (Å²) in [4.78, 5) is 31.5. The van der Waals surface area contributed by atoms with Crippen molar-refractivity contribution in [1.82, 2.24) is 15.1 Å². The number of halogens is 1. The van der Waals surface area contributed by atoms with Crippen molar-refractivity contribution in [3.8, 4) is 5.75 Å². The molecule has 2 saturated heterocycles. The second kappa shape index (κ2) is 8.43. The highest BCUT2D eigenvalue weighted by molar-refractivity contribution is 5.98. The number of rotatable bonds is 3. The maximum atomic E-state index is 13.1. The van der Waals surface area contributed by atoms with Crippen molar-refractivity contribution in [3.63, 3.8) is 0 Å². The number of nitrogens with zero attached hydrogens (tertiary/aromatic N) is 3. The number of ether oxygens (including phenoxy) is 1. The Morgan fingerprint density at radius 2 is 1.66 bits per heavy atom. The highest BCUT2D eigenvalue weighted by Crippen LogP contribution is 2.33. The molecule has 2 fully saturated rings. The summed E-state index contributed by atoms with van der Waals surface area (Å²) < 4.78 is 19.3. The van der Waals surface area contributed by atoms with Gasteiger partial charge in [-0.1, -0.05) is 12.1 Å². The maximum absolute atomic E-state index is 13.1. The van der Waals surface area contributed by atoms with Crippen LogP contribution in [0.3, 0.4) is 0 Å². The first-order valence-electron chi connectivity index (χ1n) is 11.1. The van der Waals surface area contributed by atoms with Gasteiger partial charge in [0.05, 0.1) is 12.1 Å². The highest BCUT2D eigenvalue weighted by atomic mass is 19.1. The molecule has 168 valence electrons. The van der Waals surface area contributed by atoms with E-state index in [1.807, 2.05) is 23.1 Å². The van der Waals surface area contributed by atoms with Crippen LogP contribution in [0.25, 0.3) is 0 Å². The van der Waals surface area contributed by atoms with Crippen LogP contribution in [0.5, 0.6) is 5.75 Å². The molecule has 2 amide bonds. The third kappa shape index (κ3) is 4.14. The number of hydrogen-bond donors (Lipinski definition) is 1. The van der Waals surface area contributed by atoms with Crippen LogP contribution in [0.15, 0.2) is 48.5 Å². The quantitative estimate of drug-likeness (QED) is 0.795. The summed E-state index contributed by atoms with van der Waals surface area (Å²) in [5.74, 6) is 0.405. The molecule has 0 saturated carbocycles. The van der Waals surface area contributed by atoms with Gasteiger partial charge in [0, 0.05) is 57.8 Å². The minimum atomic E-state index is -0.689. The molecule has 3 heterocycles. The van der Waals surface area contributed by atoms with Gasteiger partial charge >= 0.3 is 0 Å². The Morgan fingerprint density at radius 1 is 0.969 bits per heavy atom. The number of piperidine rings is 1. The number of carbonyl (C=O) groups excluding carboxylic acids is 2. The van der Waals surface area contributed by atoms with Crippen LogP contribution < -0.4 is 15.0 Å². The fourth-order valence-electron chi connectivity index (χ4n) is 4.71. The van der Waals surface area contributed by atoms with Crippen molar-refractivity contribution < 1.29 is 18.7 Å². The minimum Gasteiger partial charge on any atom is -0.467 e. The highest BCUT2D eigenvalue weighted by Gasteiger charge is 2.42. The monoisotopic (exact) mass is 438 g/mol. The summed E-state index contributed by atoms with van der Waals surface area (Å²) in [7, 11) is 0. The lowest BCUT2D eigenvalue weighted by Crippen LogP contribution is -2.61. The van der Waals surface area contributed by atoms with Gasteiger partial charge in [-0.05, 0) is 36.4 Å². The van der Waals surface area contributed by atoms with Crippen LogP contribution in [0.2, 0.25) is 0 Å². The molecule has 1 spiro atoms. The largest absolute Gasteiger partial charge is 0.467 e. The molecule has 0 radical (unpaired) electrons. The lowest BCUT2D eigenvalue weighted by molar-refractivity contribution is -0.134. The van der Waals surface area contributed by atoms with Gasteiger partial charge in [0.25, 0.3) is 5.91 Å². The molecular formula is C24H27FN4O3. The molecule has 2 aromatic carbocycles. The van der Waals surface area contributed by atoms with Crippen molar-refractivity contribution in [2.24, 2.45) is 0 Å². The van der Waals surface area contributed by atoms with Crippen LogP contribution in [0, 0.1) is 5.82 Å². The minimum absolute atomic E-state index is 0.101. The first-order chi connectivity index (χ1) is 15.5. The molecule has 3 aliphatic heterocycles. The molecule has 0 aromatic heterocycles. The zero-order valence-corrected chi connectivity index (χ0v) is 17.9. The van der Waals surface area contributed by atoms with Gasteiger partial charge in [-0.15, -0.1) is 0 Å². The lowest BCUT2D eigenvalue weighted by atomic mass is 9.97. The first-order valence-corrected chi connectivity index (χ1v) is 11.1. The zero-order valence-electron chi connectivity index (χ0n) is 17.9. The standard InChI is InChI=1S/C24H27FN4O3/c25-18-5-7-19(8-6-18)28-13-15-29(16-14-28)22(30)17-27-11-9-24(10-12-27)26-23(31)20-3-1-2-4-21(20)32-24/h1-8H,9-17H2,(H,26,31). The van der Waals surface area contributed by atoms with Crippen LogP contribution in [0.1, 0.15) is 23.2 Å². The fraction of sp³-hybridized carbons (Fsp3) is 0.417. The van der Waals surface area contributed by atoms with Crippen molar-refractivity contribution in [2.75, 3.05) is 50.7 Å². The summed E-state index contributed by atoms with van der Waals surface area (Å²) >= 11 is 0. The predicted molar refractivity (Wildman–Crippen MR) is 118 cm³/mol. The lowest BCUT2D eigenvalue weighted by Gasteiger charge is -2.44.